The number of imide groups is 1. The smallest absolute Gasteiger partial charge is 0.325 e. The lowest BCUT2D eigenvalue weighted by molar-refractivity contribution is -0.134. The molecule has 31 heavy (non-hydrogen) atoms. The number of fused-ring (bicyclic) bond motifs is 1. The molecule has 2 aromatic carbocycles. The molecule has 2 aromatic rings. The van der Waals surface area contributed by atoms with Gasteiger partial charge in [0.1, 0.15) is 12.1 Å². The molecule has 0 bridgehead atoms. The van der Waals surface area contributed by atoms with E-state index in [0.29, 0.717) is 23.6 Å². The average Bonchev–Trinajstić information content (AvgIpc) is 3.01. The number of urea groups is 1. The molecule has 0 unspecified atom stereocenters. The van der Waals surface area contributed by atoms with Crippen LogP contribution < -0.4 is 19.7 Å². The summed E-state index contributed by atoms with van der Waals surface area (Å²) in [6.07, 6.45) is 1.74. The van der Waals surface area contributed by atoms with E-state index in [1.54, 1.807) is 30.0 Å². The number of nitrogens with one attached hydrogen (secondary N) is 1. The van der Waals surface area contributed by atoms with Crippen molar-refractivity contribution < 1.29 is 23.9 Å². The minimum absolute atomic E-state index is 0.285. The van der Waals surface area contributed by atoms with Gasteiger partial charge in [-0.05, 0) is 49.1 Å². The van der Waals surface area contributed by atoms with E-state index >= 15 is 0 Å². The second kappa shape index (κ2) is 7.94. The van der Waals surface area contributed by atoms with Gasteiger partial charge in [-0.15, -0.1) is 0 Å². The average molecular weight is 423 g/mol. The molecular weight excluding hydrogens is 398 g/mol. The Bertz CT molecular complexity index is 1050. The van der Waals surface area contributed by atoms with Crippen molar-refractivity contribution in [2.75, 3.05) is 32.2 Å². The van der Waals surface area contributed by atoms with Crippen LogP contribution in [-0.4, -0.2) is 50.1 Å². The highest BCUT2D eigenvalue weighted by molar-refractivity contribution is 6.10. The largest absolute Gasteiger partial charge is 0.493 e. The number of ether oxygens (including phenoxy) is 2. The molecule has 8 heteroatoms. The summed E-state index contributed by atoms with van der Waals surface area (Å²) in [5, 5.41) is 2.73. The van der Waals surface area contributed by atoms with Gasteiger partial charge in [-0.2, -0.15) is 0 Å². The van der Waals surface area contributed by atoms with Crippen LogP contribution in [0.4, 0.5) is 10.5 Å². The van der Waals surface area contributed by atoms with Crippen LogP contribution in [0.3, 0.4) is 0 Å². The van der Waals surface area contributed by atoms with Crippen molar-refractivity contribution in [1.29, 1.82) is 0 Å². The maximum absolute atomic E-state index is 13.3. The second-order valence-corrected chi connectivity index (χ2v) is 7.79. The Balaban J connectivity index is 1.57. The molecule has 2 aliphatic heterocycles. The molecule has 8 nitrogen and oxygen atoms in total. The van der Waals surface area contributed by atoms with E-state index in [1.165, 1.54) is 14.2 Å². The summed E-state index contributed by atoms with van der Waals surface area (Å²) in [7, 11) is 3.02. The Morgan fingerprint density at radius 2 is 1.84 bits per heavy atom. The summed E-state index contributed by atoms with van der Waals surface area (Å²) < 4.78 is 10.6. The number of amides is 4. The Hall–Kier alpha value is -3.55. The Morgan fingerprint density at radius 3 is 2.58 bits per heavy atom. The summed E-state index contributed by atoms with van der Waals surface area (Å²) in [4.78, 5) is 41.6. The molecular formula is C23H25N3O5. The molecule has 1 atom stereocenters. The van der Waals surface area contributed by atoms with E-state index in [9.17, 15) is 14.4 Å². The van der Waals surface area contributed by atoms with E-state index in [0.717, 1.165) is 29.0 Å². The number of benzene rings is 2. The highest BCUT2D eigenvalue weighted by Crippen LogP contribution is 2.35. The van der Waals surface area contributed by atoms with Gasteiger partial charge in [0.2, 0.25) is 5.91 Å². The first-order valence-electron chi connectivity index (χ1n) is 10.1. The third-order valence-corrected chi connectivity index (χ3v) is 5.94. The number of para-hydroxylation sites is 1. The lowest BCUT2D eigenvalue weighted by atomic mass is 9.91. The lowest BCUT2D eigenvalue weighted by Crippen LogP contribution is -2.46. The quantitative estimate of drug-likeness (QED) is 0.747. The number of hydrogen-bond donors (Lipinski definition) is 1. The van der Waals surface area contributed by atoms with E-state index in [-0.39, 0.29) is 12.5 Å². The Kier molecular flexibility index (Phi) is 5.31. The predicted octanol–water partition coefficient (Wildman–Crippen LogP) is 2.45. The summed E-state index contributed by atoms with van der Waals surface area (Å²) in [6, 6.07) is 12.2. The molecule has 162 valence electrons. The number of anilines is 1. The van der Waals surface area contributed by atoms with Crippen molar-refractivity contribution in [3.63, 3.8) is 0 Å². The third-order valence-electron chi connectivity index (χ3n) is 5.94. The van der Waals surface area contributed by atoms with Crippen LogP contribution in [0, 0.1) is 0 Å². The number of nitrogens with zero attached hydrogens (tertiary/aromatic N) is 2. The molecule has 2 aliphatic rings. The fourth-order valence-corrected chi connectivity index (χ4v) is 4.20. The SMILES string of the molecule is COc1ccc([C@]2(C)NC(=O)N(CC(=O)N3CCCc4ccccc43)C2=O)cc1OC. The summed E-state index contributed by atoms with van der Waals surface area (Å²) in [5.74, 6) is 0.195. The number of rotatable bonds is 5. The topological polar surface area (TPSA) is 88.2 Å². The molecule has 4 amide bonds. The van der Waals surface area contributed by atoms with Crippen LogP contribution in [0.25, 0.3) is 0 Å². The summed E-state index contributed by atoms with van der Waals surface area (Å²) in [5.41, 5.74) is 1.17. The van der Waals surface area contributed by atoms with E-state index < -0.39 is 17.5 Å². The van der Waals surface area contributed by atoms with Crippen molar-refractivity contribution in [3.8, 4) is 11.5 Å². The van der Waals surface area contributed by atoms with Gasteiger partial charge in [0.15, 0.2) is 11.5 Å². The Morgan fingerprint density at radius 1 is 1.10 bits per heavy atom. The first-order valence-corrected chi connectivity index (χ1v) is 10.1. The first kappa shape index (κ1) is 20.7. The minimum atomic E-state index is -1.31. The van der Waals surface area contributed by atoms with Gasteiger partial charge in [-0.25, -0.2) is 4.79 Å². The van der Waals surface area contributed by atoms with Crippen molar-refractivity contribution in [2.24, 2.45) is 0 Å². The van der Waals surface area contributed by atoms with Crippen LogP contribution in [0.5, 0.6) is 11.5 Å². The maximum atomic E-state index is 13.3. The number of aryl methyl sites for hydroxylation is 1. The fraction of sp³-hybridized carbons (Fsp3) is 0.348. The molecule has 0 aromatic heterocycles. The monoisotopic (exact) mass is 423 g/mol. The van der Waals surface area contributed by atoms with Crippen molar-refractivity contribution >= 4 is 23.5 Å². The van der Waals surface area contributed by atoms with Crippen LogP contribution in [0.2, 0.25) is 0 Å². The van der Waals surface area contributed by atoms with Crippen molar-refractivity contribution in [3.05, 3.63) is 53.6 Å². The number of carbonyl (C=O) groups is 3. The molecule has 1 saturated heterocycles. The maximum Gasteiger partial charge on any atom is 0.325 e. The van der Waals surface area contributed by atoms with Crippen LogP contribution in [0.15, 0.2) is 42.5 Å². The van der Waals surface area contributed by atoms with Gasteiger partial charge in [0, 0.05) is 12.2 Å². The van der Waals surface area contributed by atoms with Crippen molar-refractivity contribution in [1.82, 2.24) is 10.2 Å². The molecule has 0 spiro atoms. The zero-order chi connectivity index (χ0) is 22.2. The van der Waals surface area contributed by atoms with Crippen LogP contribution in [-0.2, 0) is 21.5 Å². The van der Waals surface area contributed by atoms with Gasteiger partial charge in [-0.3, -0.25) is 14.5 Å². The highest BCUT2D eigenvalue weighted by Gasteiger charge is 2.50. The number of carbonyl (C=O) groups excluding carboxylic acids is 3. The molecule has 1 N–H and O–H groups in total. The third kappa shape index (κ3) is 3.48. The van der Waals surface area contributed by atoms with Gasteiger partial charge in [-0.1, -0.05) is 24.3 Å². The molecule has 0 saturated carbocycles. The van der Waals surface area contributed by atoms with Crippen LogP contribution >= 0.6 is 0 Å². The van der Waals surface area contributed by atoms with Crippen molar-refractivity contribution in [2.45, 2.75) is 25.3 Å². The van der Waals surface area contributed by atoms with Gasteiger partial charge >= 0.3 is 6.03 Å². The zero-order valence-electron chi connectivity index (χ0n) is 17.8. The highest BCUT2D eigenvalue weighted by atomic mass is 16.5. The zero-order valence-corrected chi connectivity index (χ0v) is 17.8. The lowest BCUT2D eigenvalue weighted by Gasteiger charge is -2.30. The minimum Gasteiger partial charge on any atom is -0.493 e. The number of hydrogen-bond acceptors (Lipinski definition) is 5. The molecule has 4 rings (SSSR count). The van der Waals surface area contributed by atoms with E-state index in [4.69, 9.17) is 9.47 Å². The van der Waals surface area contributed by atoms with E-state index in [1.807, 2.05) is 24.3 Å². The van der Waals surface area contributed by atoms with E-state index in [2.05, 4.69) is 5.32 Å². The molecule has 2 heterocycles. The van der Waals surface area contributed by atoms with Crippen LogP contribution in [0.1, 0.15) is 24.5 Å². The van der Waals surface area contributed by atoms with Gasteiger partial charge < -0.3 is 19.7 Å². The van der Waals surface area contributed by atoms with Gasteiger partial charge in [0.05, 0.1) is 14.2 Å². The Labute approximate surface area is 180 Å². The summed E-state index contributed by atoms with van der Waals surface area (Å²) in [6.45, 7) is 1.86. The number of methoxy groups -OCH3 is 2. The fourth-order valence-electron chi connectivity index (χ4n) is 4.20. The second-order valence-electron chi connectivity index (χ2n) is 7.79. The molecule has 1 fully saturated rings. The first-order chi connectivity index (χ1) is 14.9. The summed E-state index contributed by atoms with van der Waals surface area (Å²) >= 11 is 0. The molecule has 0 radical (unpaired) electrons. The van der Waals surface area contributed by atoms with Gasteiger partial charge in [0.25, 0.3) is 5.91 Å². The molecule has 0 aliphatic carbocycles. The standard InChI is InChI=1S/C23H25N3O5/c1-23(16-10-11-18(30-2)19(13-16)31-3)21(28)26(22(29)24-23)14-20(27)25-12-6-8-15-7-4-5-9-17(15)25/h4-5,7,9-11,13H,6,8,12,14H2,1-3H3,(H,24,29)/t23-/m0/s1. The normalized spacial score (nSPS) is 20.4. The predicted molar refractivity (Wildman–Crippen MR) is 114 cm³/mol.